The average molecular weight is 620 g/mol. The molecule has 2 amide bonds. The highest BCUT2D eigenvalue weighted by Gasteiger charge is 2.19. The number of hydrogen-bond donors (Lipinski definition) is 0. The molecule has 0 bridgehead atoms. The zero-order chi connectivity index (χ0) is 24.8. The summed E-state index contributed by atoms with van der Waals surface area (Å²) in [5.74, 6) is 0.0500. The van der Waals surface area contributed by atoms with Crippen molar-refractivity contribution >= 4 is 11.8 Å². The molecule has 2 heterocycles. The number of amides is 2. The largest absolute Gasteiger partial charge is 1.00 e. The fourth-order valence-corrected chi connectivity index (χ4v) is 3.54. The number of benzene rings is 1. The molecule has 0 fully saturated rings. The minimum atomic E-state index is 0. The van der Waals surface area contributed by atoms with Crippen molar-refractivity contribution in [1.29, 1.82) is 0 Å². The zero-order valence-electron chi connectivity index (χ0n) is 21.9. The van der Waals surface area contributed by atoms with Crippen molar-refractivity contribution in [3.63, 3.8) is 0 Å². The van der Waals surface area contributed by atoms with E-state index in [1.807, 2.05) is 100.0 Å². The van der Waals surface area contributed by atoms with Gasteiger partial charge in [0.2, 0.25) is 0 Å². The Balaban J connectivity index is 0.00000324. The van der Waals surface area contributed by atoms with Crippen LogP contribution in [0, 0.1) is 0 Å². The molecule has 36 heavy (non-hydrogen) atoms. The van der Waals surface area contributed by atoms with Gasteiger partial charge >= 0.3 is 0 Å². The Labute approximate surface area is 236 Å². The third-order valence-electron chi connectivity index (χ3n) is 6.15. The van der Waals surface area contributed by atoms with Crippen LogP contribution in [0.3, 0.4) is 0 Å². The molecule has 194 valence electrons. The highest BCUT2D eigenvalue weighted by Crippen LogP contribution is 2.08. The lowest BCUT2D eigenvalue weighted by molar-refractivity contribution is -0.689. The van der Waals surface area contributed by atoms with Crippen molar-refractivity contribution < 1.29 is 52.7 Å². The minimum Gasteiger partial charge on any atom is -1.00 e. The Morgan fingerprint density at radius 3 is 1.31 bits per heavy atom. The number of carbonyl (C=O) groups excluding carboxylic acids is 2. The fourth-order valence-electron chi connectivity index (χ4n) is 3.54. The van der Waals surface area contributed by atoms with Crippen LogP contribution >= 0.6 is 0 Å². The van der Waals surface area contributed by atoms with Crippen molar-refractivity contribution in [2.45, 2.75) is 52.9 Å². The van der Waals surface area contributed by atoms with Gasteiger partial charge in [0.05, 0.1) is 0 Å². The van der Waals surface area contributed by atoms with Gasteiger partial charge in [0.15, 0.2) is 37.9 Å². The van der Waals surface area contributed by atoms with Gasteiger partial charge in [0.25, 0.3) is 11.8 Å². The number of nitrogens with zero attached hydrogens (tertiary/aromatic N) is 4. The first kappa shape index (κ1) is 31.4. The number of halogens is 2. The van der Waals surface area contributed by atoms with Crippen LogP contribution in [0.2, 0.25) is 0 Å². The second-order valence-electron chi connectivity index (χ2n) is 9.37. The molecule has 0 saturated heterocycles. The first-order chi connectivity index (χ1) is 16.2. The summed E-state index contributed by atoms with van der Waals surface area (Å²) in [7, 11) is 3.66. The minimum absolute atomic E-state index is 0. The molecule has 2 aromatic heterocycles. The molecule has 0 atom stereocenters. The highest BCUT2D eigenvalue weighted by molar-refractivity contribution is 5.94. The first-order valence-electron chi connectivity index (χ1n) is 11.8. The maximum absolute atomic E-state index is 12.6. The van der Waals surface area contributed by atoms with E-state index >= 15 is 0 Å². The molecular formula is C28H36Br2N4O2. The number of carbonyl (C=O) groups is 2. The predicted octanol–water partition coefficient (Wildman–Crippen LogP) is -2.67. The van der Waals surface area contributed by atoms with Crippen LogP contribution in [0.1, 0.15) is 59.5 Å². The van der Waals surface area contributed by atoms with Gasteiger partial charge in [-0.05, 0) is 39.8 Å². The van der Waals surface area contributed by atoms with Gasteiger partial charge in [-0.2, -0.15) is 9.13 Å². The summed E-state index contributed by atoms with van der Waals surface area (Å²) in [6, 6.07) is 16.3. The Kier molecular flexibility index (Phi) is 12.4. The van der Waals surface area contributed by atoms with Crippen LogP contribution < -0.4 is 43.1 Å². The van der Waals surface area contributed by atoms with Crippen LogP contribution in [0.15, 0.2) is 73.3 Å². The molecule has 0 aliphatic heterocycles. The first-order valence-corrected chi connectivity index (χ1v) is 11.8. The van der Waals surface area contributed by atoms with Crippen LogP contribution in [0.4, 0.5) is 0 Å². The Morgan fingerprint density at radius 1 is 0.667 bits per heavy atom. The maximum Gasteiger partial charge on any atom is 0.259 e. The lowest BCUT2D eigenvalue weighted by atomic mass is 10.1. The SMILES string of the molecule is CC(C)N(C)C(=O)c1ccc[n+](Cc2ccc(C[n+]3cccc(C(=O)N(C)C(C)C)c3)cc2)c1.[Br-].[Br-]. The molecule has 8 heteroatoms. The third-order valence-corrected chi connectivity index (χ3v) is 6.15. The quantitative estimate of drug-likeness (QED) is 0.258. The molecule has 0 aliphatic rings. The van der Waals surface area contributed by atoms with E-state index in [0.29, 0.717) is 24.2 Å². The Hall–Kier alpha value is -2.58. The van der Waals surface area contributed by atoms with Gasteiger partial charge in [-0.25, -0.2) is 0 Å². The van der Waals surface area contributed by atoms with E-state index in [2.05, 4.69) is 24.3 Å². The summed E-state index contributed by atoms with van der Waals surface area (Å²) in [5.41, 5.74) is 3.68. The average Bonchev–Trinajstić information content (AvgIpc) is 2.83. The summed E-state index contributed by atoms with van der Waals surface area (Å²) in [6.07, 6.45) is 7.77. The van der Waals surface area contributed by atoms with Crippen LogP contribution in [0.5, 0.6) is 0 Å². The standard InChI is InChI=1S/C28H36N4O2.2BrH/c1-21(2)29(5)27(33)25-9-7-15-31(19-25)17-23-11-13-24(14-12-23)18-32-16-8-10-26(20-32)28(34)30(6)22(3)4;;/h7-16,19-22H,17-18H2,1-6H3;2*1H/q+2;;/p-2. The van der Waals surface area contributed by atoms with Gasteiger partial charge < -0.3 is 43.8 Å². The van der Waals surface area contributed by atoms with Gasteiger partial charge in [-0.3, -0.25) is 9.59 Å². The topological polar surface area (TPSA) is 48.4 Å². The summed E-state index contributed by atoms with van der Waals surface area (Å²) in [5, 5.41) is 0. The number of aromatic nitrogens is 2. The molecule has 0 N–H and O–H groups in total. The van der Waals surface area contributed by atoms with Crippen LogP contribution in [-0.2, 0) is 13.1 Å². The normalized spacial score (nSPS) is 10.4. The summed E-state index contributed by atoms with van der Waals surface area (Å²) < 4.78 is 4.07. The lowest BCUT2D eigenvalue weighted by Crippen LogP contribution is -3.00. The molecule has 0 spiro atoms. The van der Waals surface area contributed by atoms with Crippen molar-refractivity contribution in [2.24, 2.45) is 0 Å². The van der Waals surface area contributed by atoms with Crippen molar-refractivity contribution in [3.05, 3.63) is 95.6 Å². The summed E-state index contributed by atoms with van der Waals surface area (Å²) in [6.45, 7) is 9.40. The van der Waals surface area contributed by atoms with E-state index in [4.69, 9.17) is 0 Å². The smallest absolute Gasteiger partial charge is 0.259 e. The van der Waals surface area contributed by atoms with Gasteiger partial charge in [0, 0.05) is 49.4 Å². The molecule has 6 nitrogen and oxygen atoms in total. The van der Waals surface area contributed by atoms with E-state index in [9.17, 15) is 9.59 Å². The fraction of sp³-hybridized carbons (Fsp3) is 0.357. The molecule has 3 rings (SSSR count). The van der Waals surface area contributed by atoms with Crippen molar-refractivity contribution in [2.75, 3.05) is 14.1 Å². The molecule has 1 aromatic carbocycles. The molecular weight excluding hydrogens is 584 g/mol. The lowest BCUT2D eigenvalue weighted by Gasteiger charge is -2.20. The zero-order valence-corrected chi connectivity index (χ0v) is 25.0. The Bertz CT molecular complexity index is 1060. The van der Waals surface area contributed by atoms with Gasteiger partial charge in [0.1, 0.15) is 11.1 Å². The maximum atomic E-state index is 12.6. The second-order valence-corrected chi connectivity index (χ2v) is 9.37. The van der Waals surface area contributed by atoms with Crippen LogP contribution in [-0.4, -0.2) is 47.8 Å². The van der Waals surface area contributed by atoms with E-state index in [0.717, 1.165) is 11.1 Å². The summed E-state index contributed by atoms with van der Waals surface area (Å²) in [4.78, 5) is 28.8. The van der Waals surface area contributed by atoms with Crippen molar-refractivity contribution in [3.8, 4) is 0 Å². The van der Waals surface area contributed by atoms with E-state index < -0.39 is 0 Å². The Morgan fingerprint density at radius 2 is 1.00 bits per heavy atom. The molecule has 0 aliphatic carbocycles. The monoisotopic (exact) mass is 618 g/mol. The highest BCUT2D eigenvalue weighted by atomic mass is 79.9. The number of rotatable bonds is 8. The number of hydrogen-bond acceptors (Lipinski definition) is 2. The second kappa shape index (κ2) is 14.2. The van der Waals surface area contributed by atoms with Crippen LogP contribution in [0.25, 0.3) is 0 Å². The molecule has 0 saturated carbocycles. The van der Waals surface area contributed by atoms with Crippen molar-refractivity contribution in [1.82, 2.24) is 9.80 Å². The molecule has 0 radical (unpaired) electrons. The predicted molar refractivity (Wildman–Crippen MR) is 132 cm³/mol. The van der Waals surface area contributed by atoms with E-state index in [1.165, 1.54) is 0 Å². The third kappa shape index (κ3) is 8.23. The van der Waals surface area contributed by atoms with Gasteiger partial charge in [-0.1, -0.05) is 24.3 Å². The van der Waals surface area contributed by atoms with Gasteiger partial charge in [-0.15, -0.1) is 0 Å². The van der Waals surface area contributed by atoms with E-state index in [1.54, 1.807) is 9.80 Å². The summed E-state index contributed by atoms with van der Waals surface area (Å²) >= 11 is 0. The molecule has 3 aromatic rings. The molecule has 0 unspecified atom stereocenters. The number of pyridine rings is 2. The van der Waals surface area contributed by atoms with E-state index in [-0.39, 0.29) is 57.9 Å².